The maximum atomic E-state index is 15.4. The lowest BCUT2D eigenvalue weighted by molar-refractivity contribution is -0.137. The molecular formula is C23H23F4N7O. The fraction of sp³-hybridized carbons (Fsp3) is 0.435. The molecule has 0 aromatic carbocycles. The zero-order valence-electron chi connectivity index (χ0n) is 18.9. The molecule has 0 radical (unpaired) electrons. The predicted octanol–water partition coefficient (Wildman–Crippen LogP) is 3.61. The summed E-state index contributed by atoms with van der Waals surface area (Å²) in [7, 11) is 0. The molecule has 1 amide bonds. The highest BCUT2D eigenvalue weighted by atomic mass is 19.4. The average molecular weight is 489 g/mol. The fourth-order valence-corrected chi connectivity index (χ4v) is 4.41. The highest BCUT2D eigenvalue weighted by Crippen LogP contribution is 2.35. The number of anilines is 1. The fourth-order valence-electron chi connectivity index (χ4n) is 4.41. The predicted molar refractivity (Wildman–Crippen MR) is 118 cm³/mol. The van der Waals surface area contributed by atoms with Gasteiger partial charge in [0.15, 0.2) is 5.82 Å². The van der Waals surface area contributed by atoms with Crippen LogP contribution >= 0.6 is 0 Å². The third-order valence-electron chi connectivity index (χ3n) is 6.37. The minimum Gasteiger partial charge on any atom is -0.354 e. The second kappa shape index (κ2) is 8.90. The van der Waals surface area contributed by atoms with Crippen molar-refractivity contribution in [3.8, 4) is 5.82 Å². The Kier molecular flexibility index (Phi) is 5.89. The Morgan fingerprint density at radius 1 is 1.03 bits per heavy atom. The molecule has 5 rings (SSSR count). The van der Waals surface area contributed by atoms with Crippen LogP contribution in [0.5, 0.6) is 0 Å². The number of aryl methyl sites for hydroxylation is 1. The highest BCUT2D eigenvalue weighted by Gasteiger charge is 2.43. The van der Waals surface area contributed by atoms with Crippen molar-refractivity contribution in [2.75, 3.05) is 18.0 Å². The van der Waals surface area contributed by atoms with Gasteiger partial charge in [-0.25, -0.2) is 19.3 Å². The molecule has 2 atom stereocenters. The molecule has 184 valence electrons. The van der Waals surface area contributed by atoms with Gasteiger partial charge >= 0.3 is 6.18 Å². The molecule has 1 saturated carbocycles. The Labute approximate surface area is 198 Å². The monoisotopic (exact) mass is 489 g/mol. The van der Waals surface area contributed by atoms with Crippen LogP contribution in [0.3, 0.4) is 0 Å². The Bertz CT molecular complexity index is 1190. The van der Waals surface area contributed by atoms with Crippen LogP contribution in [0.2, 0.25) is 0 Å². The van der Waals surface area contributed by atoms with Crippen molar-refractivity contribution in [3.63, 3.8) is 0 Å². The summed E-state index contributed by atoms with van der Waals surface area (Å²) in [6, 6.07) is 4.86. The summed E-state index contributed by atoms with van der Waals surface area (Å²) in [5, 5.41) is 4.10. The molecule has 1 saturated heterocycles. The van der Waals surface area contributed by atoms with Crippen molar-refractivity contribution in [1.29, 1.82) is 0 Å². The molecule has 8 nitrogen and oxygen atoms in total. The Morgan fingerprint density at radius 3 is 2.31 bits per heavy atom. The lowest BCUT2D eigenvalue weighted by Crippen LogP contribution is -2.55. The third kappa shape index (κ3) is 4.69. The molecule has 2 aliphatic rings. The van der Waals surface area contributed by atoms with Crippen LogP contribution in [0, 0.1) is 6.92 Å². The summed E-state index contributed by atoms with van der Waals surface area (Å²) in [5.41, 5.74) is -0.491. The van der Waals surface area contributed by atoms with Crippen LogP contribution in [0.4, 0.5) is 23.4 Å². The zero-order chi connectivity index (χ0) is 24.7. The molecule has 2 fully saturated rings. The van der Waals surface area contributed by atoms with Gasteiger partial charge in [0.25, 0.3) is 5.91 Å². The number of carbonyl (C=O) groups is 1. The van der Waals surface area contributed by atoms with Gasteiger partial charge in [-0.15, -0.1) is 0 Å². The summed E-state index contributed by atoms with van der Waals surface area (Å²) in [5.74, 6) is 1.18. The second-order valence-corrected chi connectivity index (χ2v) is 8.79. The summed E-state index contributed by atoms with van der Waals surface area (Å²) >= 11 is 0. The van der Waals surface area contributed by atoms with E-state index in [1.54, 1.807) is 33.5 Å². The van der Waals surface area contributed by atoms with Gasteiger partial charge in [-0.05, 0) is 50.5 Å². The van der Waals surface area contributed by atoms with E-state index in [0.717, 1.165) is 25.1 Å². The Morgan fingerprint density at radius 2 is 1.77 bits per heavy atom. The second-order valence-electron chi connectivity index (χ2n) is 8.79. The SMILES string of the molecule is Cc1ncnn1-c1ccc(C(=O)N(C2CC2)[C@H]2CCN(c3ccc(C(F)(F)F)cn3)C[C@H]2F)cn1. The first kappa shape index (κ1) is 23.2. The molecular weight excluding hydrogens is 466 g/mol. The smallest absolute Gasteiger partial charge is 0.354 e. The average Bonchev–Trinajstić information content (AvgIpc) is 3.59. The van der Waals surface area contributed by atoms with Gasteiger partial charge in [0, 0.05) is 25.0 Å². The van der Waals surface area contributed by atoms with Crippen molar-refractivity contribution in [2.45, 2.75) is 50.6 Å². The van der Waals surface area contributed by atoms with E-state index in [9.17, 15) is 18.0 Å². The normalized spacial score (nSPS) is 20.7. The number of carbonyl (C=O) groups excluding carboxylic acids is 1. The van der Waals surface area contributed by atoms with Crippen molar-refractivity contribution < 1.29 is 22.4 Å². The molecule has 12 heteroatoms. The quantitative estimate of drug-likeness (QED) is 0.510. The van der Waals surface area contributed by atoms with Crippen molar-refractivity contribution in [2.24, 2.45) is 0 Å². The highest BCUT2D eigenvalue weighted by molar-refractivity contribution is 5.94. The topological polar surface area (TPSA) is 80.0 Å². The minimum absolute atomic E-state index is 0.0290. The van der Waals surface area contributed by atoms with E-state index < -0.39 is 24.0 Å². The molecule has 4 heterocycles. The molecule has 1 aliphatic carbocycles. The van der Waals surface area contributed by atoms with Gasteiger partial charge in [0.2, 0.25) is 0 Å². The van der Waals surface area contributed by atoms with Gasteiger partial charge in [-0.3, -0.25) is 4.79 Å². The first-order valence-electron chi connectivity index (χ1n) is 11.3. The number of piperidine rings is 1. The number of rotatable bonds is 5. The number of hydrogen-bond donors (Lipinski definition) is 0. The number of amides is 1. The van der Waals surface area contributed by atoms with E-state index in [4.69, 9.17) is 0 Å². The van der Waals surface area contributed by atoms with E-state index in [0.29, 0.717) is 30.2 Å². The third-order valence-corrected chi connectivity index (χ3v) is 6.37. The van der Waals surface area contributed by atoms with Crippen LogP contribution in [0.15, 0.2) is 43.0 Å². The van der Waals surface area contributed by atoms with Crippen molar-refractivity contribution >= 4 is 11.7 Å². The van der Waals surface area contributed by atoms with E-state index in [1.165, 1.54) is 18.6 Å². The van der Waals surface area contributed by atoms with Crippen molar-refractivity contribution in [3.05, 3.63) is 59.9 Å². The van der Waals surface area contributed by atoms with Crippen LogP contribution in [-0.4, -0.2) is 66.9 Å². The summed E-state index contributed by atoms with van der Waals surface area (Å²) in [6.45, 7) is 2.11. The van der Waals surface area contributed by atoms with E-state index in [2.05, 4.69) is 20.1 Å². The zero-order valence-corrected chi connectivity index (χ0v) is 18.9. The molecule has 3 aromatic rings. The van der Waals surface area contributed by atoms with E-state index in [1.807, 2.05) is 0 Å². The van der Waals surface area contributed by atoms with Crippen LogP contribution in [-0.2, 0) is 6.18 Å². The standard InChI is InChI=1S/C23H23F4N7O/c1-14-30-13-31-34(14)21-6-2-15(10-28-21)22(35)33(17-4-5-17)19-8-9-32(12-18(19)24)20-7-3-16(11-29-20)23(25,26)27/h2-3,6-7,10-11,13,17-19H,4-5,8-9,12H2,1H3/t18-,19+/m1/s1. The number of halogens is 4. The lowest BCUT2D eigenvalue weighted by Gasteiger charge is -2.41. The van der Waals surface area contributed by atoms with E-state index >= 15 is 4.39 Å². The Hall–Kier alpha value is -3.57. The Balaban J connectivity index is 1.29. The molecule has 0 N–H and O–H groups in total. The summed E-state index contributed by atoms with van der Waals surface area (Å²) < 4.78 is 55.4. The number of nitrogens with zero attached hydrogens (tertiary/aromatic N) is 7. The van der Waals surface area contributed by atoms with Gasteiger partial charge in [0.05, 0.1) is 23.7 Å². The lowest BCUT2D eigenvalue weighted by atomic mass is 9.99. The largest absolute Gasteiger partial charge is 0.417 e. The van der Waals surface area contributed by atoms with Gasteiger partial charge in [-0.2, -0.15) is 23.0 Å². The number of pyridine rings is 2. The molecule has 0 bridgehead atoms. The van der Waals surface area contributed by atoms with Crippen LogP contribution in [0.1, 0.15) is 41.0 Å². The maximum Gasteiger partial charge on any atom is 0.417 e. The van der Waals surface area contributed by atoms with Gasteiger partial charge in [-0.1, -0.05) is 0 Å². The van der Waals surface area contributed by atoms with Crippen LogP contribution < -0.4 is 4.90 Å². The van der Waals surface area contributed by atoms with Gasteiger partial charge < -0.3 is 9.80 Å². The first-order chi connectivity index (χ1) is 16.7. The molecule has 35 heavy (non-hydrogen) atoms. The summed E-state index contributed by atoms with van der Waals surface area (Å²) in [4.78, 5) is 28.9. The molecule has 3 aromatic heterocycles. The first-order valence-corrected chi connectivity index (χ1v) is 11.3. The van der Waals surface area contributed by atoms with Gasteiger partial charge in [0.1, 0.15) is 24.1 Å². The number of alkyl halides is 4. The molecule has 0 unspecified atom stereocenters. The van der Waals surface area contributed by atoms with Crippen molar-refractivity contribution in [1.82, 2.24) is 29.6 Å². The van der Waals surface area contributed by atoms with E-state index in [-0.39, 0.29) is 24.3 Å². The molecule has 1 aliphatic heterocycles. The number of hydrogen-bond acceptors (Lipinski definition) is 6. The summed E-state index contributed by atoms with van der Waals surface area (Å²) in [6.07, 6.45) is -0.259. The molecule has 0 spiro atoms. The van der Waals surface area contributed by atoms with Crippen LogP contribution in [0.25, 0.3) is 5.82 Å². The number of aromatic nitrogens is 5. The minimum atomic E-state index is -4.48. The maximum absolute atomic E-state index is 15.4.